The second-order valence-electron chi connectivity index (χ2n) is 7.58. The number of aryl methyl sites for hydroxylation is 6. The zero-order valence-electron chi connectivity index (χ0n) is 16.6. The van der Waals surface area contributed by atoms with E-state index >= 15 is 0 Å². The molecule has 0 amide bonds. The fourth-order valence-electron chi connectivity index (χ4n) is 4.46. The van der Waals surface area contributed by atoms with Crippen LogP contribution in [0.3, 0.4) is 0 Å². The van der Waals surface area contributed by atoms with Crippen molar-refractivity contribution in [1.82, 2.24) is 0 Å². The standard InChI is InChI=1S/C24H26BBr/c1-15-11-17(3)23(18(4)12-15)25(21-9-7-8-10-22(21)26)24-19(5)13-16(2)14-20(24)6/h7-14H,1-6H3. The Balaban J connectivity index is 2.39. The highest BCUT2D eigenvalue weighted by molar-refractivity contribution is 9.10. The van der Waals surface area contributed by atoms with E-state index in [1.54, 1.807) is 0 Å². The minimum Gasteiger partial charge on any atom is -0.0659 e. The zero-order valence-corrected chi connectivity index (χ0v) is 18.2. The smallest absolute Gasteiger partial charge is 0.0659 e. The maximum Gasteiger partial charge on any atom is 0.244 e. The van der Waals surface area contributed by atoms with Crippen LogP contribution in [0.2, 0.25) is 0 Å². The summed E-state index contributed by atoms with van der Waals surface area (Å²) in [5.41, 5.74) is 12.3. The maximum absolute atomic E-state index is 3.82. The highest BCUT2D eigenvalue weighted by Crippen LogP contribution is 2.15. The molecule has 0 aliphatic carbocycles. The van der Waals surface area contributed by atoms with E-state index in [2.05, 4.69) is 106 Å². The lowest BCUT2D eigenvalue weighted by atomic mass is 9.34. The van der Waals surface area contributed by atoms with Gasteiger partial charge in [-0.2, -0.15) is 0 Å². The fraction of sp³-hybridized carbons (Fsp3) is 0.250. The second kappa shape index (κ2) is 7.44. The molecule has 0 nitrogen and oxygen atoms in total. The predicted molar refractivity (Wildman–Crippen MR) is 120 cm³/mol. The van der Waals surface area contributed by atoms with Gasteiger partial charge in [0.05, 0.1) is 0 Å². The predicted octanol–water partition coefficient (Wildman–Crippen LogP) is 4.82. The van der Waals surface area contributed by atoms with Crippen LogP contribution in [0.4, 0.5) is 0 Å². The third-order valence-electron chi connectivity index (χ3n) is 5.27. The molecule has 3 aromatic carbocycles. The highest BCUT2D eigenvalue weighted by atomic mass is 79.9. The van der Waals surface area contributed by atoms with E-state index in [1.165, 1.54) is 54.2 Å². The minimum atomic E-state index is 0.228. The van der Waals surface area contributed by atoms with Crippen molar-refractivity contribution >= 4 is 39.0 Å². The molecule has 3 rings (SSSR count). The molecule has 132 valence electrons. The van der Waals surface area contributed by atoms with E-state index in [1.807, 2.05) is 0 Å². The summed E-state index contributed by atoms with van der Waals surface area (Å²) in [5, 5.41) is 0. The lowest BCUT2D eigenvalue weighted by molar-refractivity contribution is 1.34. The Morgan fingerprint density at radius 3 is 1.38 bits per heavy atom. The number of rotatable bonds is 3. The van der Waals surface area contributed by atoms with Gasteiger partial charge in [-0.05, 0) is 47.6 Å². The Morgan fingerprint density at radius 2 is 1.00 bits per heavy atom. The first-order valence-corrected chi connectivity index (χ1v) is 9.98. The van der Waals surface area contributed by atoms with E-state index < -0.39 is 0 Å². The molecule has 3 aromatic rings. The van der Waals surface area contributed by atoms with Gasteiger partial charge in [-0.1, -0.05) is 108 Å². The van der Waals surface area contributed by atoms with Crippen LogP contribution in [0.5, 0.6) is 0 Å². The van der Waals surface area contributed by atoms with Gasteiger partial charge in [0.1, 0.15) is 0 Å². The van der Waals surface area contributed by atoms with Gasteiger partial charge in [-0.3, -0.25) is 0 Å². The quantitative estimate of drug-likeness (QED) is 0.549. The monoisotopic (exact) mass is 404 g/mol. The number of benzene rings is 3. The van der Waals surface area contributed by atoms with E-state index in [0.29, 0.717) is 0 Å². The highest BCUT2D eigenvalue weighted by Gasteiger charge is 2.29. The van der Waals surface area contributed by atoms with E-state index in [0.717, 1.165) is 0 Å². The van der Waals surface area contributed by atoms with Gasteiger partial charge in [0.15, 0.2) is 0 Å². The molecule has 0 aliphatic rings. The van der Waals surface area contributed by atoms with Gasteiger partial charge in [-0.15, -0.1) is 0 Å². The number of halogens is 1. The van der Waals surface area contributed by atoms with Gasteiger partial charge in [0.25, 0.3) is 0 Å². The Labute approximate surface area is 166 Å². The molecule has 0 unspecified atom stereocenters. The average Bonchev–Trinajstić information content (AvgIpc) is 2.52. The summed E-state index contributed by atoms with van der Waals surface area (Å²) < 4.78 is 1.17. The molecule has 0 spiro atoms. The molecular weight excluding hydrogens is 379 g/mol. The Bertz CT molecular complexity index is 868. The second-order valence-corrected chi connectivity index (χ2v) is 8.43. The van der Waals surface area contributed by atoms with Crippen molar-refractivity contribution < 1.29 is 0 Å². The number of hydrogen-bond donors (Lipinski definition) is 0. The topological polar surface area (TPSA) is 0 Å². The Kier molecular flexibility index (Phi) is 5.43. The first-order valence-electron chi connectivity index (χ1n) is 9.19. The van der Waals surface area contributed by atoms with Crippen molar-refractivity contribution in [3.63, 3.8) is 0 Å². The minimum absolute atomic E-state index is 0.228. The van der Waals surface area contributed by atoms with E-state index in [-0.39, 0.29) is 6.71 Å². The summed E-state index contributed by atoms with van der Waals surface area (Å²) in [4.78, 5) is 0. The lowest BCUT2D eigenvalue weighted by Crippen LogP contribution is -2.56. The Hall–Kier alpha value is -1.80. The lowest BCUT2D eigenvalue weighted by Gasteiger charge is -2.25. The fourth-order valence-corrected chi connectivity index (χ4v) is 4.97. The summed E-state index contributed by atoms with van der Waals surface area (Å²) in [6, 6.07) is 17.9. The summed E-state index contributed by atoms with van der Waals surface area (Å²) >= 11 is 3.82. The number of hydrogen-bond acceptors (Lipinski definition) is 0. The summed E-state index contributed by atoms with van der Waals surface area (Å²) in [7, 11) is 0. The molecule has 26 heavy (non-hydrogen) atoms. The van der Waals surface area contributed by atoms with Crippen molar-refractivity contribution in [2.45, 2.75) is 41.5 Å². The van der Waals surface area contributed by atoms with Gasteiger partial charge >= 0.3 is 0 Å². The van der Waals surface area contributed by atoms with Gasteiger partial charge in [0.2, 0.25) is 6.71 Å². The molecule has 0 fully saturated rings. The van der Waals surface area contributed by atoms with Crippen molar-refractivity contribution in [1.29, 1.82) is 0 Å². The average molecular weight is 405 g/mol. The van der Waals surface area contributed by atoms with Crippen LogP contribution >= 0.6 is 15.9 Å². The van der Waals surface area contributed by atoms with Crippen molar-refractivity contribution in [3.8, 4) is 0 Å². The molecule has 0 saturated heterocycles. The van der Waals surface area contributed by atoms with Crippen LogP contribution in [0.25, 0.3) is 0 Å². The largest absolute Gasteiger partial charge is 0.244 e. The van der Waals surface area contributed by atoms with Crippen LogP contribution in [0.1, 0.15) is 33.4 Å². The van der Waals surface area contributed by atoms with Crippen molar-refractivity contribution in [2.24, 2.45) is 0 Å². The summed E-state index contributed by atoms with van der Waals surface area (Å²) in [6.07, 6.45) is 0. The van der Waals surface area contributed by atoms with Crippen LogP contribution in [0, 0.1) is 41.5 Å². The van der Waals surface area contributed by atoms with Gasteiger partial charge < -0.3 is 0 Å². The molecule has 0 bridgehead atoms. The maximum atomic E-state index is 3.82. The molecule has 0 N–H and O–H groups in total. The molecule has 0 heterocycles. The van der Waals surface area contributed by atoms with E-state index in [9.17, 15) is 0 Å². The molecule has 0 atom stereocenters. The van der Waals surface area contributed by atoms with Crippen molar-refractivity contribution in [2.75, 3.05) is 0 Å². The molecule has 0 aliphatic heterocycles. The van der Waals surface area contributed by atoms with Crippen LogP contribution in [-0.2, 0) is 0 Å². The molecule has 0 aromatic heterocycles. The van der Waals surface area contributed by atoms with Crippen molar-refractivity contribution in [3.05, 3.63) is 86.4 Å². The Morgan fingerprint density at radius 1 is 0.615 bits per heavy atom. The van der Waals surface area contributed by atoms with Gasteiger partial charge in [-0.25, -0.2) is 0 Å². The summed E-state index contributed by atoms with van der Waals surface area (Å²) in [6.45, 7) is 13.6. The molecule has 2 heteroatoms. The van der Waals surface area contributed by atoms with E-state index in [4.69, 9.17) is 0 Å². The third-order valence-corrected chi connectivity index (χ3v) is 5.99. The SMILES string of the molecule is Cc1cc(C)c(B(c2ccccc2Br)c2c(C)cc(C)cc2C)c(C)c1. The third kappa shape index (κ3) is 3.53. The van der Waals surface area contributed by atoms with Crippen LogP contribution in [-0.4, -0.2) is 6.71 Å². The van der Waals surface area contributed by atoms with Gasteiger partial charge in [0, 0.05) is 4.47 Å². The molecule has 0 saturated carbocycles. The summed E-state index contributed by atoms with van der Waals surface area (Å²) in [5.74, 6) is 0. The zero-order chi connectivity index (χ0) is 19.0. The van der Waals surface area contributed by atoms with Crippen LogP contribution in [0.15, 0.2) is 53.0 Å². The first kappa shape index (κ1) is 19.0. The molecule has 0 radical (unpaired) electrons. The molecular formula is C24H26BBr. The normalized spacial score (nSPS) is 10.9. The van der Waals surface area contributed by atoms with Crippen LogP contribution < -0.4 is 16.4 Å². The first-order chi connectivity index (χ1) is 12.3.